The number of nitrogens with zero attached hydrogens (tertiary/aromatic N) is 2. The maximum absolute atomic E-state index is 14.7. The number of carboxylic acids is 1. The topological polar surface area (TPSA) is 85.6 Å². The van der Waals surface area contributed by atoms with Gasteiger partial charge in [-0.1, -0.05) is 0 Å². The van der Waals surface area contributed by atoms with E-state index in [0.717, 1.165) is 17.4 Å². The maximum atomic E-state index is 14.7. The largest absolute Gasteiger partial charge is 0.492 e. The number of carbonyl (C=O) groups is 1. The van der Waals surface area contributed by atoms with Gasteiger partial charge in [-0.05, 0) is 44.2 Å². The van der Waals surface area contributed by atoms with Gasteiger partial charge in [0.25, 0.3) is 0 Å². The van der Waals surface area contributed by atoms with Gasteiger partial charge in [0.15, 0.2) is 11.5 Å². The zero-order chi connectivity index (χ0) is 26.7. The molecule has 2 N–H and O–H groups in total. The molecule has 12 heteroatoms. The summed E-state index contributed by atoms with van der Waals surface area (Å²) in [5.41, 5.74) is 2.09. The van der Waals surface area contributed by atoms with Crippen LogP contribution in [-0.4, -0.2) is 46.6 Å². The fourth-order valence-corrected chi connectivity index (χ4v) is 4.82. The number of hydrogen-bond donors (Lipinski definition) is 2. The van der Waals surface area contributed by atoms with Crippen molar-refractivity contribution in [2.24, 2.45) is 0 Å². The van der Waals surface area contributed by atoms with Gasteiger partial charge in [0.05, 0.1) is 22.7 Å². The van der Waals surface area contributed by atoms with Crippen LogP contribution in [0.1, 0.15) is 22.3 Å². The van der Waals surface area contributed by atoms with E-state index in [4.69, 9.17) is 9.47 Å². The Bertz CT molecular complexity index is 1430. The van der Waals surface area contributed by atoms with Crippen LogP contribution in [-0.2, 0) is 6.54 Å². The van der Waals surface area contributed by atoms with Crippen LogP contribution in [0.5, 0.6) is 11.5 Å². The second kappa shape index (κ2) is 10.7. The van der Waals surface area contributed by atoms with Gasteiger partial charge in [-0.15, -0.1) is 11.3 Å². The first-order valence-electron chi connectivity index (χ1n) is 11.3. The molecule has 0 saturated heterocycles. The monoisotopic (exact) mass is 537 g/mol. The molecule has 0 aliphatic carbocycles. The number of nitrogens with one attached hydrogen (secondary N) is 1. The summed E-state index contributed by atoms with van der Waals surface area (Å²) in [6, 6.07) is 9.03. The lowest BCUT2D eigenvalue weighted by Crippen LogP contribution is -2.19. The summed E-state index contributed by atoms with van der Waals surface area (Å²) in [4.78, 5) is 16.6. The summed E-state index contributed by atoms with van der Waals surface area (Å²) in [5, 5.41) is 12.9. The van der Waals surface area contributed by atoms with E-state index in [1.54, 1.807) is 48.9 Å². The Kier molecular flexibility index (Phi) is 7.58. The molecule has 4 rings (SSSR count). The average molecular weight is 538 g/mol. The number of anilines is 1. The molecule has 0 spiro atoms. The van der Waals surface area contributed by atoms with E-state index in [1.807, 2.05) is 0 Å². The Balaban J connectivity index is 1.51. The fourth-order valence-electron chi connectivity index (χ4n) is 3.91. The number of pyridine rings is 1. The number of fused-ring (bicyclic) bond motifs is 1. The molecular weight excluding hydrogens is 514 g/mol. The molecule has 3 aromatic heterocycles. The molecule has 0 fully saturated rings. The summed E-state index contributed by atoms with van der Waals surface area (Å²) in [6.07, 6.45) is -2.92. The Morgan fingerprint density at radius 2 is 1.95 bits per heavy atom. The number of hydrogen-bond acceptors (Lipinski definition) is 6. The van der Waals surface area contributed by atoms with Gasteiger partial charge in [-0.2, -0.15) is 13.2 Å². The van der Waals surface area contributed by atoms with Crippen molar-refractivity contribution in [1.82, 2.24) is 9.55 Å². The highest BCUT2D eigenvalue weighted by molar-refractivity contribution is 7.17. The second-order valence-corrected chi connectivity index (χ2v) is 9.10. The summed E-state index contributed by atoms with van der Waals surface area (Å²) in [5.74, 6) is -1.40. The SMILES string of the molecule is CCOc1cc(-c2cc(NCCn3c(C)cc4c(OCC(F)(F)F)ccc(F)c43)ccn2)sc1C(=O)O. The molecule has 37 heavy (non-hydrogen) atoms. The number of alkyl halides is 3. The van der Waals surface area contributed by atoms with Crippen LogP contribution in [0, 0.1) is 12.7 Å². The van der Waals surface area contributed by atoms with Crippen molar-refractivity contribution < 1.29 is 36.9 Å². The van der Waals surface area contributed by atoms with E-state index in [9.17, 15) is 27.5 Å². The summed E-state index contributed by atoms with van der Waals surface area (Å²) in [6.45, 7) is 3.07. The number of benzene rings is 1. The summed E-state index contributed by atoms with van der Waals surface area (Å²) in [7, 11) is 0. The van der Waals surface area contributed by atoms with Crippen LogP contribution in [0.2, 0.25) is 0 Å². The minimum atomic E-state index is -4.51. The molecule has 196 valence electrons. The maximum Gasteiger partial charge on any atom is 0.422 e. The number of halogens is 4. The van der Waals surface area contributed by atoms with Gasteiger partial charge < -0.3 is 24.5 Å². The number of rotatable bonds is 10. The van der Waals surface area contributed by atoms with Crippen molar-refractivity contribution in [2.45, 2.75) is 26.6 Å². The highest BCUT2D eigenvalue weighted by Crippen LogP contribution is 2.36. The zero-order valence-electron chi connectivity index (χ0n) is 19.9. The molecule has 3 heterocycles. The molecule has 0 saturated carbocycles. The molecule has 7 nitrogen and oxygen atoms in total. The molecule has 0 bridgehead atoms. The van der Waals surface area contributed by atoms with Gasteiger partial charge >= 0.3 is 12.1 Å². The van der Waals surface area contributed by atoms with E-state index in [-0.39, 0.29) is 27.3 Å². The standard InChI is InChI=1S/C25H23F4N3O4S/c1-3-35-20-12-21(37-23(20)24(33)34)18-11-15(6-7-31-18)30-8-9-32-14(2)10-16-19(36-13-25(27,28)29)5-4-17(26)22(16)32/h4-7,10-12H,3,8-9,13H2,1-2H3,(H,30,31)(H,33,34). The van der Waals surface area contributed by atoms with Crippen LogP contribution in [0.15, 0.2) is 42.6 Å². The Hall–Kier alpha value is -3.80. The van der Waals surface area contributed by atoms with E-state index in [0.29, 0.717) is 41.6 Å². The van der Waals surface area contributed by atoms with E-state index >= 15 is 0 Å². The van der Waals surface area contributed by atoms with E-state index < -0.39 is 24.6 Å². The van der Waals surface area contributed by atoms with Gasteiger partial charge in [0.2, 0.25) is 0 Å². The smallest absolute Gasteiger partial charge is 0.422 e. The third-order valence-corrected chi connectivity index (χ3v) is 6.56. The van der Waals surface area contributed by atoms with Gasteiger partial charge in [0.1, 0.15) is 17.3 Å². The van der Waals surface area contributed by atoms with Crippen LogP contribution < -0.4 is 14.8 Å². The number of aryl methyl sites for hydroxylation is 1. The highest BCUT2D eigenvalue weighted by atomic mass is 32.1. The van der Waals surface area contributed by atoms with Crippen molar-refractivity contribution in [3.63, 3.8) is 0 Å². The van der Waals surface area contributed by atoms with Crippen molar-refractivity contribution in [2.75, 3.05) is 25.1 Å². The molecule has 0 aliphatic heterocycles. The Morgan fingerprint density at radius 1 is 1.16 bits per heavy atom. The summed E-state index contributed by atoms with van der Waals surface area (Å²) < 4.78 is 64.5. The first-order chi connectivity index (χ1) is 17.6. The molecule has 4 aromatic rings. The number of thiophene rings is 1. The highest BCUT2D eigenvalue weighted by Gasteiger charge is 2.29. The molecule has 0 amide bonds. The lowest BCUT2D eigenvalue weighted by atomic mass is 10.2. The lowest BCUT2D eigenvalue weighted by molar-refractivity contribution is -0.153. The summed E-state index contributed by atoms with van der Waals surface area (Å²) >= 11 is 1.06. The Labute approximate surface area is 213 Å². The van der Waals surface area contributed by atoms with Crippen molar-refractivity contribution >= 4 is 33.9 Å². The normalized spacial score (nSPS) is 11.6. The fraction of sp³-hybridized carbons (Fsp3) is 0.280. The van der Waals surface area contributed by atoms with Gasteiger partial charge in [0, 0.05) is 42.1 Å². The predicted molar refractivity (Wildman–Crippen MR) is 132 cm³/mol. The minimum Gasteiger partial charge on any atom is -0.492 e. The second-order valence-electron chi connectivity index (χ2n) is 8.05. The van der Waals surface area contributed by atoms with Crippen molar-refractivity contribution in [3.05, 3.63) is 59.0 Å². The molecule has 0 aliphatic rings. The van der Waals surface area contributed by atoms with Crippen LogP contribution >= 0.6 is 11.3 Å². The number of aromatic carboxylic acids is 1. The third kappa shape index (κ3) is 5.96. The lowest BCUT2D eigenvalue weighted by Gasteiger charge is -2.13. The molecule has 1 aromatic carbocycles. The van der Waals surface area contributed by atoms with Crippen LogP contribution in [0.4, 0.5) is 23.2 Å². The molecule has 0 radical (unpaired) electrons. The predicted octanol–water partition coefficient (Wildman–Crippen LogP) is 6.36. The molecule has 0 unspecified atom stereocenters. The van der Waals surface area contributed by atoms with Gasteiger partial charge in [-0.3, -0.25) is 4.98 Å². The van der Waals surface area contributed by atoms with Crippen molar-refractivity contribution in [3.8, 4) is 22.1 Å². The third-order valence-electron chi connectivity index (χ3n) is 5.44. The average Bonchev–Trinajstić information content (AvgIpc) is 3.41. The first-order valence-corrected chi connectivity index (χ1v) is 12.1. The van der Waals surface area contributed by atoms with E-state index in [1.165, 1.54) is 6.07 Å². The van der Waals surface area contributed by atoms with Crippen LogP contribution in [0.3, 0.4) is 0 Å². The Morgan fingerprint density at radius 3 is 2.65 bits per heavy atom. The van der Waals surface area contributed by atoms with Crippen molar-refractivity contribution in [1.29, 1.82) is 0 Å². The first kappa shape index (κ1) is 26.3. The quantitative estimate of drug-likeness (QED) is 0.229. The molecular formula is C25H23F4N3O4S. The number of aromatic nitrogens is 2. The number of ether oxygens (including phenoxy) is 2. The van der Waals surface area contributed by atoms with Crippen LogP contribution in [0.25, 0.3) is 21.5 Å². The number of carboxylic acid groups (broad SMARTS) is 1. The zero-order valence-corrected chi connectivity index (χ0v) is 20.7. The van der Waals surface area contributed by atoms with E-state index in [2.05, 4.69) is 10.3 Å². The minimum absolute atomic E-state index is 0.0367. The van der Waals surface area contributed by atoms with Gasteiger partial charge in [-0.25, -0.2) is 9.18 Å². The molecule has 0 atom stereocenters.